The zero-order valence-corrected chi connectivity index (χ0v) is 13.7. The van der Waals surface area contributed by atoms with Crippen LogP contribution in [-0.2, 0) is 4.79 Å². The average Bonchev–Trinajstić information content (AvgIpc) is 2.39. The normalized spacial score (nSPS) is 15.7. The van der Waals surface area contributed by atoms with Crippen molar-refractivity contribution in [1.29, 1.82) is 0 Å². The molecule has 1 fully saturated rings. The van der Waals surface area contributed by atoms with Gasteiger partial charge in [-0.3, -0.25) is 4.79 Å². The smallest absolute Gasteiger partial charge is 0.224 e. The van der Waals surface area contributed by atoms with E-state index in [0.29, 0.717) is 6.42 Å². The third-order valence-electron chi connectivity index (χ3n) is 3.34. The molecular weight excluding hydrogens is 313 g/mol. The molecule has 1 unspecified atom stereocenters. The largest absolute Gasteiger partial charge is 0.508 e. The molecular formula is C14H23Cl2N3O2. The van der Waals surface area contributed by atoms with Gasteiger partial charge in [0, 0.05) is 44.3 Å². The fourth-order valence-electron chi connectivity index (χ4n) is 2.28. The Balaban J connectivity index is 0.00000200. The van der Waals surface area contributed by atoms with Gasteiger partial charge in [0.25, 0.3) is 0 Å². The lowest BCUT2D eigenvalue weighted by atomic mass is 10.2. The van der Waals surface area contributed by atoms with E-state index in [9.17, 15) is 9.90 Å². The van der Waals surface area contributed by atoms with E-state index in [2.05, 4.69) is 4.90 Å². The number of carbonyl (C=O) groups excluding carboxylic acids is 1. The number of aromatic hydroxyl groups is 1. The number of anilines is 1. The van der Waals surface area contributed by atoms with Crippen LogP contribution in [0.3, 0.4) is 0 Å². The highest BCUT2D eigenvalue weighted by molar-refractivity contribution is 5.85. The first kappa shape index (κ1) is 19.8. The van der Waals surface area contributed by atoms with Crippen LogP contribution in [0.2, 0.25) is 0 Å². The van der Waals surface area contributed by atoms with Gasteiger partial charge < -0.3 is 20.6 Å². The molecule has 0 saturated carbocycles. The average molecular weight is 336 g/mol. The quantitative estimate of drug-likeness (QED) is 0.880. The van der Waals surface area contributed by atoms with Crippen LogP contribution >= 0.6 is 24.8 Å². The van der Waals surface area contributed by atoms with Crippen LogP contribution in [0, 0.1) is 0 Å². The molecule has 0 aromatic heterocycles. The van der Waals surface area contributed by atoms with Crippen molar-refractivity contribution >= 4 is 36.4 Å². The summed E-state index contributed by atoms with van der Waals surface area (Å²) < 4.78 is 0. The van der Waals surface area contributed by atoms with Crippen molar-refractivity contribution in [1.82, 2.24) is 4.90 Å². The minimum atomic E-state index is -0.0809. The van der Waals surface area contributed by atoms with Gasteiger partial charge in [0.2, 0.25) is 5.91 Å². The number of nitrogens with two attached hydrogens (primary N) is 1. The first-order valence-corrected chi connectivity index (χ1v) is 6.63. The van der Waals surface area contributed by atoms with Crippen LogP contribution in [0.4, 0.5) is 5.69 Å². The van der Waals surface area contributed by atoms with Crippen molar-refractivity contribution in [3.63, 3.8) is 0 Å². The maximum atomic E-state index is 11.9. The van der Waals surface area contributed by atoms with Crippen molar-refractivity contribution in [3.05, 3.63) is 24.3 Å². The molecule has 0 radical (unpaired) electrons. The maximum Gasteiger partial charge on any atom is 0.224 e. The third-order valence-corrected chi connectivity index (χ3v) is 3.34. The summed E-state index contributed by atoms with van der Waals surface area (Å²) in [4.78, 5) is 16.0. The summed E-state index contributed by atoms with van der Waals surface area (Å²) in [5, 5.41) is 9.27. The van der Waals surface area contributed by atoms with Crippen molar-refractivity contribution in [2.75, 3.05) is 31.1 Å². The molecule has 0 aliphatic carbocycles. The monoisotopic (exact) mass is 335 g/mol. The molecule has 3 N–H and O–H groups in total. The van der Waals surface area contributed by atoms with Gasteiger partial charge in [-0.05, 0) is 31.2 Å². The molecule has 1 saturated heterocycles. The molecule has 5 nitrogen and oxygen atoms in total. The van der Waals surface area contributed by atoms with Crippen molar-refractivity contribution in [3.8, 4) is 5.75 Å². The number of piperazine rings is 1. The molecule has 1 heterocycles. The minimum Gasteiger partial charge on any atom is -0.508 e. The number of phenols is 1. The number of halogens is 2. The van der Waals surface area contributed by atoms with Gasteiger partial charge in [0.1, 0.15) is 5.75 Å². The zero-order chi connectivity index (χ0) is 13.8. The van der Waals surface area contributed by atoms with Gasteiger partial charge in [-0.2, -0.15) is 0 Å². The summed E-state index contributed by atoms with van der Waals surface area (Å²) in [7, 11) is 0. The van der Waals surface area contributed by atoms with E-state index in [1.807, 2.05) is 24.0 Å². The van der Waals surface area contributed by atoms with E-state index in [4.69, 9.17) is 5.73 Å². The van der Waals surface area contributed by atoms with Gasteiger partial charge >= 0.3 is 0 Å². The van der Waals surface area contributed by atoms with E-state index < -0.39 is 0 Å². The Morgan fingerprint density at radius 3 is 2.19 bits per heavy atom. The Kier molecular flexibility index (Phi) is 8.47. The molecule has 1 aliphatic heterocycles. The number of phenolic OH excluding ortho intramolecular Hbond substituents is 1. The molecule has 0 spiro atoms. The van der Waals surface area contributed by atoms with E-state index in [0.717, 1.165) is 31.9 Å². The van der Waals surface area contributed by atoms with Crippen LogP contribution in [0.25, 0.3) is 0 Å². The Morgan fingerprint density at radius 2 is 1.71 bits per heavy atom. The van der Waals surface area contributed by atoms with Crippen molar-refractivity contribution in [2.45, 2.75) is 19.4 Å². The highest BCUT2D eigenvalue weighted by Crippen LogP contribution is 2.19. The fourth-order valence-corrected chi connectivity index (χ4v) is 2.28. The molecule has 1 atom stereocenters. The zero-order valence-electron chi connectivity index (χ0n) is 12.1. The van der Waals surface area contributed by atoms with Crippen LogP contribution in [0.15, 0.2) is 24.3 Å². The summed E-state index contributed by atoms with van der Waals surface area (Å²) in [6.07, 6.45) is 0.416. The second-order valence-electron chi connectivity index (χ2n) is 5.07. The predicted molar refractivity (Wildman–Crippen MR) is 89.7 cm³/mol. The molecule has 120 valence electrons. The Labute approximate surface area is 137 Å². The lowest BCUT2D eigenvalue weighted by molar-refractivity contribution is -0.131. The SMILES string of the molecule is CC(N)CC(=O)N1CCN(c2ccc(O)cc2)CC1.Cl.Cl. The van der Waals surface area contributed by atoms with E-state index in [-0.39, 0.29) is 42.5 Å². The minimum absolute atomic E-state index is 0. The number of carbonyl (C=O) groups is 1. The molecule has 2 rings (SSSR count). The van der Waals surface area contributed by atoms with Gasteiger partial charge in [-0.15, -0.1) is 24.8 Å². The molecule has 21 heavy (non-hydrogen) atoms. The van der Waals surface area contributed by atoms with E-state index in [1.165, 1.54) is 0 Å². The number of hydrogen-bond donors (Lipinski definition) is 2. The lowest BCUT2D eigenvalue weighted by Gasteiger charge is -2.36. The lowest BCUT2D eigenvalue weighted by Crippen LogP contribution is -2.49. The summed E-state index contributed by atoms with van der Waals surface area (Å²) in [6, 6.07) is 7.08. The first-order chi connectivity index (χ1) is 9.06. The molecule has 1 amide bonds. The van der Waals surface area contributed by atoms with Crippen LogP contribution in [0.1, 0.15) is 13.3 Å². The Hall–Kier alpha value is -1.17. The summed E-state index contributed by atoms with van der Waals surface area (Å²) in [5.41, 5.74) is 6.73. The van der Waals surface area contributed by atoms with Gasteiger partial charge in [-0.25, -0.2) is 0 Å². The molecule has 0 bridgehead atoms. The molecule has 1 aliphatic rings. The maximum absolute atomic E-state index is 11.9. The Morgan fingerprint density at radius 1 is 1.19 bits per heavy atom. The molecule has 1 aromatic carbocycles. The summed E-state index contributed by atoms with van der Waals surface area (Å²) >= 11 is 0. The number of hydrogen-bond acceptors (Lipinski definition) is 4. The van der Waals surface area contributed by atoms with Crippen LogP contribution in [0.5, 0.6) is 5.75 Å². The first-order valence-electron chi connectivity index (χ1n) is 6.63. The molecule has 1 aromatic rings. The number of rotatable bonds is 3. The third kappa shape index (κ3) is 5.61. The van der Waals surface area contributed by atoms with Crippen molar-refractivity contribution < 1.29 is 9.90 Å². The Bertz CT molecular complexity index is 432. The number of amides is 1. The second-order valence-corrected chi connectivity index (χ2v) is 5.07. The fraction of sp³-hybridized carbons (Fsp3) is 0.500. The van der Waals surface area contributed by atoms with Crippen LogP contribution < -0.4 is 10.6 Å². The summed E-state index contributed by atoms with van der Waals surface area (Å²) in [5.74, 6) is 0.412. The van der Waals surface area contributed by atoms with Gasteiger partial charge in [-0.1, -0.05) is 0 Å². The highest BCUT2D eigenvalue weighted by Gasteiger charge is 2.21. The van der Waals surface area contributed by atoms with Crippen molar-refractivity contribution in [2.24, 2.45) is 5.73 Å². The second kappa shape index (κ2) is 8.97. The van der Waals surface area contributed by atoms with E-state index >= 15 is 0 Å². The standard InChI is InChI=1S/C14H21N3O2.2ClH/c1-11(15)10-14(19)17-8-6-16(7-9-17)12-2-4-13(18)5-3-12;;/h2-5,11,18H,6-10,15H2,1H3;2*1H. The van der Waals surface area contributed by atoms with E-state index in [1.54, 1.807) is 12.1 Å². The number of benzene rings is 1. The van der Waals surface area contributed by atoms with Gasteiger partial charge in [0.05, 0.1) is 0 Å². The number of nitrogens with zero attached hydrogens (tertiary/aromatic N) is 2. The van der Waals surface area contributed by atoms with Gasteiger partial charge in [0.15, 0.2) is 0 Å². The molecule has 7 heteroatoms. The predicted octanol–water partition coefficient (Wildman–Crippen LogP) is 1.62. The topological polar surface area (TPSA) is 69.8 Å². The highest BCUT2D eigenvalue weighted by atomic mass is 35.5. The van der Waals surface area contributed by atoms with Crippen LogP contribution in [-0.4, -0.2) is 48.1 Å². The summed E-state index contributed by atoms with van der Waals surface area (Å²) in [6.45, 7) is 4.94.